The Morgan fingerprint density at radius 1 is 1.67 bits per heavy atom. The van der Waals surface area contributed by atoms with Gasteiger partial charge in [-0.25, -0.2) is 0 Å². The van der Waals surface area contributed by atoms with Crippen LogP contribution >= 0.6 is 0 Å². The molecule has 0 saturated carbocycles. The van der Waals surface area contributed by atoms with Crippen molar-refractivity contribution in [3.05, 3.63) is 0 Å². The highest BCUT2D eigenvalue weighted by molar-refractivity contribution is 5.82. The van der Waals surface area contributed by atoms with Crippen LogP contribution in [0.2, 0.25) is 0 Å². The fraction of sp³-hybridized carbons (Fsp3) is 0.909. The maximum Gasteiger partial charge on any atom is 0.237 e. The molecule has 4 heteroatoms. The molecule has 2 unspecified atom stereocenters. The Hall–Kier alpha value is -0.610. The molecular weight excluding hydrogens is 192 g/mol. The summed E-state index contributed by atoms with van der Waals surface area (Å²) >= 11 is 0. The van der Waals surface area contributed by atoms with Crippen molar-refractivity contribution >= 4 is 5.91 Å². The van der Waals surface area contributed by atoms with Crippen molar-refractivity contribution in [2.75, 3.05) is 13.2 Å². The van der Waals surface area contributed by atoms with Crippen molar-refractivity contribution in [3.63, 3.8) is 0 Å². The van der Waals surface area contributed by atoms with Gasteiger partial charge in [-0.15, -0.1) is 0 Å². The highest BCUT2D eigenvalue weighted by Gasteiger charge is 2.28. The lowest BCUT2D eigenvalue weighted by Gasteiger charge is -2.30. The second-order valence-corrected chi connectivity index (χ2v) is 4.35. The van der Waals surface area contributed by atoms with Gasteiger partial charge >= 0.3 is 0 Å². The second-order valence-electron chi connectivity index (χ2n) is 4.35. The lowest BCUT2D eigenvalue weighted by Crippen LogP contribution is -2.53. The van der Waals surface area contributed by atoms with Crippen LogP contribution in [0.3, 0.4) is 0 Å². The number of aliphatic hydroxyl groups excluding tert-OH is 1. The Labute approximate surface area is 91.4 Å². The van der Waals surface area contributed by atoms with Crippen LogP contribution in [0, 0.1) is 5.92 Å². The predicted octanol–water partition coefficient (Wildman–Crippen LogP) is 0.262. The molecule has 0 aliphatic carbocycles. The predicted molar refractivity (Wildman–Crippen MR) is 59.5 cm³/mol. The largest absolute Gasteiger partial charge is 0.394 e. The fourth-order valence-corrected chi connectivity index (χ4v) is 1.97. The summed E-state index contributed by atoms with van der Waals surface area (Å²) in [7, 11) is 0. The summed E-state index contributed by atoms with van der Waals surface area (Å²) in [5.41, 5.74) is 0. The van der Waals surface area contributed by atoms with Gasteiger partial charge in [-0.05, 0) is 31.7 Å². The highest BCUT2D eigenvalue weighted by Crippen LogP contribution is 2.15. The van der Waals surface area contributed by atoms with E-state index < -0.39 is 0 Å². The molecule has 15 heavy (non-hydrogen) atoms. The summed E-state index contributed by atoms with van der Waals surface area (Å²) in [6.45, 7) is 4.98. The standard InChI is InChI=1S/C11H22N2O2/c1-3-9(7-14)13-11(15)10-8(2)5-4-6-12-10/h8-10,12,14H,3-7H2,1-2H3,(H,13,15)/t8?,9-,10?/m0/s1. The van der Waals surface area contributed by atoms with Gasteiger partial charge in [-0.3, -0.25) is 4.79 Å². The Kier molecular flexibility index (Phi) is 5.05. The topological polar surface area (TPSA) is 61.4 Å². The van der Waals surface area contributed by atoms with Crippen LogP contribution < -0.4 is 10.6 Å². The van der Waals surface area contributed by atoms with Gasteiger partial charge in [0.25, 0.3) is 0 Å². The molecule has 3 atom stereocenters. The molecule has 4 nitrogen and oxygen atoms in total. The molecule has 1 fully saturated rings. The highest BCUT2D eigenvalue weighted by atomic mass is 16.3. The van der Waals surface area contributed by atoms with Crippen LogP contribution in [0.15, 0.2) is 0 Å². The first-order valence-corrected chi connectivity index (χ1v) is 5.83. The van der Waals surface area contributed by atoms with Crippen LogP contribution in [-0.4, -0.2) is 36.2 Å². The first kappa shape index (κ1) is 12.5. The van der Waals surface area contributed by atoms with Gasteiger partial charge in [0.05, 0.1) is 18.7 Å². The van der Waals surface area contributed by atoms with Crippen LogP contribution in [0.5, 0.6) is 0 Å². The van der Waals surface area contributed by atoms with Crippen molar-refractivity contribution < 1.29 is 9.90 Å². The molecule has 3 N–H and O–H groups in total. The van der Waals surface area contributed by atoms with E-state index in [2.05, 4.69) is 17.6 Å². The number of carbonyl (C=O) groups excluding carboxylic acids is 1. The molecule has 1 amide bonds. The van der Waals surface area contributed by atoms with Gasteiger partial charge in [0.1, 0.15) is 0 Å². The number of rotatable bonds is 4. The number of hydrogen-bond donors (Lipinski definition) is 3. The molecule has 0 aromatic heterocycles. The SMILES string of the molecule is CC[C@@H](CO)NC(=O)C1NCCCC1C. The van der Waals surface area contributed by atoms with Crippen molar-refractivity contribution in [2.24, 2.45) is 5.92 Å². The Bertz CT molecular complexity index is 205. The first-order valence-electron chi connectivity index (χ1n) is 5.83. The van der Waals surface area contributed by atoms with Gasteiger partial charge in [-0.2, -0.15) is 0 Å². The summed E-state index contributed by atoms with van der Waals surface area (Å²) in [6, 6.07) is -0.187. The molecule has 1 aliphatic rings. The van der Waals surface area contributed by atoms with E-state index in [1.807, 2.05) is 6.92 Å². The van der Waals surface area contributed by atoms with E-state index in [0.717, 1.165) is 25.8 Å². The number of amides is 1. The first-order chi connectivity index (χ1) is 7.19. The summed E-state index contributed by atoms with van der Waals surface area (Å²) in [6.07, 6.45) is 3.01. The zero-order chi connectivity index (χ0) is 11.3. The average molecular weight is 214 g/mol. The van der Waals surface area contributed by atoms with E-state index in [1.165, 1.54) is 0 Å². The van der Waals surface area contributed by atoms with Gasteiger partial charge in [-0.1, -0.05) is 13.8 Å². The van der Waals surface area contributed by atoms with Crippen molar-refractivity contribution in [1.82, 2.24) is 10.6 Å². The van der Waals surface area contributed by atoms with Gasteiger partial charge < -0.3 is 15.7 Å². The molecule has 0 radical (unpaired) electrons. The summed E-state index contributed by atoms with van der Waals surface area (Å²) in [4.78, 5) is 11.9. The van der Waals surface area contributed by atoms with E-state index in [4.69, 9.17) is 5.11 Å². The normalized spacial score (nSPS) is 28.5. The molecule has 0 spiro atoms. The summed E-state index contributed by atoms with van der Waals surface area (Å²) in [5, 5.41) is 15.1. The number of carbonyl (C=O) groups is 1. The van der Waals surface area contributed by atoms with Crippen LogP contribution in [0.1, 0.15) is 33.1 Å². The van der Waals surface area contributed by atoms with E-state index in [0.29, 0.717) is 5.92 Å². The molecular formula is C11H22N2O2. The maximum absolute atomic E-state index is 11.9. The van der Waals surface area contributed by atoms with Crippen LogP contribution in [0.4, 0.5) is 0 Å². The molecule has 1 rings (SSSR count). The second kappa shape index (κ2) is 6.08. The quantitative estimate of drug-likeness (QED) is 0.629. The fourth-order valence-electron chi connectivity index (χ4n) is 1.97. The maximum atomic E-state index is 11.9. The van der Waals surface area contributed by atoms with Gasteiger partial charge in [0, 0.05) is 0 Å². The Balaban J connectivity index is 2.44. The van der Waals surface area contributed by atoms with E-state index in [1.54, 1.807) is 0 Å². The van der Waals surface area contributed by atoms with E-state index in [9.17, 15) is 4.79 Å². The number of hydrogen-bond acceptors (Lipinski definition) is 3. The lowest BCUT2D eigenvalue weighted by atomic mass is 9.92. The Morgan fingerprint density at radius 3 is 2.93 bits per heavy atom. The third kappa shape index (κ3) is 3.47. The molecule has 1 saturated heterocycles. The van der Waals surface area contributed by atoms with Gasteiger partial charge in [0.15, 0.2) is 0 Å². The minimum absolute atomic E-state index is 0.0172. The zero-order valence-electron chi connectivity index (χ0n) is 9.62. The third-order valence-corrected chi connectivity index (χ3v) is 3.11. The molecule has 1 aliphatic heterocycles. The lowest BCUT2D eigenvalue weighted by molar-refractivity contribution is -0.125. The van der Waals surface area contributed by atoms with Crippen molar-refractivity contribution in [2.45, 2.75) is 45.2 Å². The summed E-state index contributed by atoms with van der Waals surface area (Å²) < 4.78 is 0. The van der Waals surface area contributed by atoms with Crippen molar-refractivity contribution in [3.8, 4) is 0 Å². The van der Waals surface area contributed by atoms with Gasteiger partial charge in [0.2, 0.25) is 5.91 Å². The molecule has 0 aromatic rings. The van der Waals surface area contributed by atoms with E-state index >= 15 is 0 Å². The smallest absolute Gasteiger partial charge is 0.237 e. The number of piperidine rings is 1. The number of nitrogens with one attached hydrogen (secondary N) is 2. The molecule has 0 aromatic carbocycles. The number of aliphatic hydroxyl groups is 1. The third-order valence-electron chi connectivity index (χ3n) is 3.11. The molecule has 0 bridgehead atoms. The van der Waals surface area contributed by atoms with Crippen molar-refractivity contribution in [1.29, 1.82) is 0 Å². The molecule has 88 valence electrons. The van der Waals surface area contributed by atoms with E-state index in [-0.39, 0.29) is 24.6 Å². The minimum Gasteiger partial charge on any atom is -0.394 e. The Morgan fingerprint density at radius 2 is 2.40 bits per heavy atom. The average Bonchev–Trinajstić information content (AvgIpc) is 2.26. The van der Waals surface area contributed by atoms with Crippen LogP contribution in [-0.2, 0) is 4.79 Å². The monoisotopic (exact) mass is 214 g/mol. The zero-order valence-corrected chi connectivity index (χ0v) is 9.62. The summed E-state index contributed by atoms with van der Waals surface area (Å²) in [5.74, 6) is 0.415. The minimum atomic E-state index is -0.103. The van der Waals surface area contributed by atoms with Crippen LogP contribution in [0.25, 0.3) is 0 Å². The molecule has 1 heterocycles.